The predicted molar refractivity (Wildman–Crippen MR) is 96.9 cm³/mol. The Labute approximate surface area is 144 Å². The molecule has 4 nitrogen and oxygen atoms in total. The number of benzene rings is 2. The Kier molecular flexibility index (Phi) is 3.62. The first kappa shape index (κ1) is 15.0. The third-order valence-electron chi connectivity index (χ3n) is 4.12. The maximum Gasteiger partial charge on any atom is 0.157 e. The van der Waals surface area contributed by atoms with Crippen molar-refractivity contribution in [3.8, 4) is 5.75 Å². The van der Waals surface area contributed by atoms with Crippen molar-refractivity contribution < 1.29 is 4.74 Å². The molecule has 4 aromatic rings. The minimum atomic E-state index is 0.440. The van der Waals surface area contributed by atoms with E-state index in [1.165, 1.54) is 5.56 Å². The minimum absolute atomic E-state index is 0.440. The predicted octanol–water partition coefficient (Wildman–Crippen LogP) is 4.60. The zero-order valence-electron chi connectivity index (χ0n) is 13.5. The van der Waals surface area contributed by atoms with Crippen LogP contribution in [0, 0.1) is 6.92 Å². The van der Waals surface area contributed by atoms with Gasteiger partial charge in [0.1, 0.15) is 11.3 Å². The number of ether oxygens (including phenoxy) is 1. The highest BCUT2D eigenvalue weighted by Crippen LogP contribution is 2.29. The first-order valence-electron chi connectivity index (χ1n) is 7.70. The van der Waals surface area contributed by atoms with Crippen LogP contribution in [-0.4, -0.2) is 21.9 Å². The SMILES string of the molecule is COc1ccc(Cn2cc3c(n2)c(Cl)nc2ccc(C)cc23)cc1. The van der Waals surface area contributed by atoms with Crippen LogP contribution in [0.4, 0.5) is 0 Å². The summed E-state index contributed by atoms with van der Waals surface area (Å²) in [5, 5.41) is 7.17. The summed E-state index contributed by atoms with van der Waals surface area (Å²) in [6, 6.07) is 14.1. The average Bonchev–Trinajstić information content (AvgIpc) is 3.01. The van der Waals surface area contributed by atoms with Crippen LogP contribution in [-0.2, 0) is 6.54 Å². The van der Waals surface area contributed by atoms with Crippen LogP contribution in [0.3, 0.4) is 0 Å². The van der Waals surface area contributed by atoms with Gasteiger partial charge in [-0.05, 0) is 36.8 Å². The van der Waals surface area contributed by atoms with E-state index in [-0.39, 0.29) is 0 Å². The maximum absolute atomic E-state index is 6.33. The molecule has 0 saturated heterocycles. The van der Waals surface area contributed by atoms with Crippen LogP contribution in [0.1, 0.15) is 11.1 Å². The zero-order chi connectivity index (χ0) is 16.7. The molecule has 2 aromatic carbocycles. The monoisotopic (exact) mass is 337 g/mol. The number of fused-ring (bicyclic) bond motifs is 3. The molecule has 4 rings (SSSR count). The van der Waals surface area contributed by atoms with Crippen LogP contribution < -0.4 is 4.74 Å². The summed E-state index contributed by atoms with van der Waals surface area (Å²) in [7, 11) is 1.66. The van der Waals surface area contributed by atoms with Crippen molar-refractivity contribution in [3.63, 3.8) is 0 Å². The average molecular weight is 338 g/mol. The molecule has 0 aliphatic heterocycles. The third kappa shape index (κ3) is 2.59. The second kappa shape index (κ2) is 5.80. The summed E-state index contributed by atoms with van der Waals surface area (Å²) in [6.45, 7) is 2.74. The highest BCUT2D eigenvalue weighted by molar-refractivity contribution is 6.35. The van der Waals surface area contributed by atoms with Crippen molar-refractivity contribution in [2.24, 2.45) is 0 Å². The van der Waals surface area contributed by atoms with Gasteiger partial charge < -0.3 is 4.74 Å². The second-order valence-electron chi connectivity index (χ2n) is 5.86. The third-order valence-corrected chi connectivity index (χ3v) is 4.39. The molecule has 0 radical (unpaired) electrons. The molecule has 2 heterocycles. The number of pyridine rings is 1. The fourth-order valence-corrected chi connectivity index (χ4v) is 3.12. The molecule has 24 heavy (non-hydrogen) atoms. The van der Waals surface area contributed by atoms with E-state index in [4.69, 9.17) is 16.3 Å². The summed E-state index contributed by atoms with van der Waals surface area (Å²) in [6.07, 6.45) is 2.04. The number of methoxy groups -OCH3 is 1. The molecule has 0 bridgehead atoms. The van der Waals surface area contributed by atoms with Crippen molar-refractivity contribution in [1.82, 2.24) is 14.8 Å². The van der Waals surface area contributed by atoms with Gasteiger partial charge in [0.25, 0.3) is 0 Å². The summed E-state index contributed by atoms with van der Waals surface area (Å²) in [5.41, 5.74) is 3.97. The highest BCUT2D eigenvalue weighted by Gasteiger charge is 2.11. The molecular weight excluding hydrogens is 322 g/mol. The molecule has 5 heteroatoms. The fraction of sp³-hybridized carbons (Fsp3) is 0.158. The topological polar surface area (TPSA) is 39.9 Å². The van der Waals surface area contributed by atoms with Crippen molar-refractivity contribution >= 4 is 33.4 Å². The van der Waals surface area contributed by atoms with Gasteiger partial charge in [-0.1, -0.05) is 35.4 Å². The van der Waals surface area contributed by atoms with Crippen molar-refractivity contribution in [2.75, 3.05) is 7.11 Å². The van der Waals surface area contributed by atoms with Gasteiger partial charge in [-0.25, -0.2) is 4.98 Å². The number of nitrogens with zero attached hydrogens (tertiary/aromatic N) is 3. The maximum atomic E-state index is 6.33. The van der Waals surface area contributed by atoms with Gasteiger partial charge in [-0.2, -0.15) is 5.10 Å². The number of aromatic nitrogens is 3. The molecular formula is C19H16ClN3O. The van der Waals surface area contributed by atoms with Crippen molar-refractivity contribution in [1.29, 1.82) is 0 Å². The smallest absolute Gasteiger partial charge is 0.157 e. The molecule has 0 aliphatic carbocycles. The lowest BCUT2D eigenvalue weighted by Gasteiger charge is -2.03. The van der Waals surface area contributed by atoms with Gasteiger partial charge in [0.2, 0.25) is 0 Å². The Morgan fingerprint density at radius 2 is 1.88 bits per heavy atom. The summed E-state index contributed by atoms with van der Waals surface area (Å²) in [5.74, 6) is 0.845. The summed E-state index contributed by atoms with van der Waals surface area (Å²) in [4.78, 5) is 4.46. The molecule has 0 unspecified atom stereocenters. The molecule has 0 saturated carbocycles. The number of hydrogen-bond acceptors (Lipinski definition) is 3. The van der Waals surface area contributed by atoms with Crippen LogP contribution in [0.15, 0.2) is 48.7 Å². The first-order valence-corrected chi connectivity index (χ1v) is 8.08. The Hall–Kier alpha value is -2.59. The second-order valence-corrected chi connectivity index (χ2v) is 6.22. The largest absolute Gasteiger partial charge is 0.497 e. The number of hydrogen-bond donors (Lipinski definition) is 0. The molecule has 2 aromatic heterocycles. The van der Waals surface area contributed by atoms with Gasteiger partial charge in [-0.15, -0.1) is 0 Å². The van der Waals surface area contributed by atoms with E-state index in [1.54, 1.807) is 7.11 Å². The molecule has 0 N–H and O–H groups in total. The number of halogens is 1. The van der Waals surface area contributed by atoms with E-state index in [2.05, 4.69) is 23.1 Å². The van der Waals surface area contributed by atoms with Gasteiger partial charge >= 0.3 is 0 Å². The normalized spacial score (nSPS) is 11.3. The lowest BCUT2D eigenvalue weighted by atomic mass is 10.1. The quantitative estimate of drug-likeness (QED) is 0.513. The first-order chi connectivity index (χ1) is 11.6. The highest BCUT2D eigenvalue weighted by atomic mass is 35.5. The van der Waals surface area contributed by atoms with E-state index < -0.39 is 0 Å². The number of aryl methyl sites for hydroxylation is 1. The molecule has 0 atom stereocenters. The molecule has 0 fully saturated rings. The number of rotatable bonds is 3. The van der Waals surface area contributed by atoms with E-state index in [0.29, 0.717) is 11.7 Å². The van der Waals surface area contributed by atoms with Crippen molar-refractivity contribution in [2.45, 2.75) is 13.5 Å². The van der Waals surface area contributed by atoms with Gasteiger partial charge in [0, 0.05) is 17.0 Å². The zero-order valence-corrected chi connectivity index (χ0v) is 14.2. The van der Waals surface area contributed by atoms with E-state index >= 15 is 0 Å². The summed E-state index contributed by atoms with van der Waals surface area (Å²) >= 11 is 6.33. The van der Waals surface area contributed by atoms with E-state index in [9.17, 15) is 0 Å². The summed E-state index contributed by atoms with van der Waals surface area (Å²) < 4.78 is 7.10. The Bertz CT molecular complexity index is 1040. The van der Waals surface area contributed by atoms with E-state index in [0.717, 1.165) is 33.1 Å². The van der Waals surface area contributed by atoms with Crippen molar-refractivity contribution in [3.05, 3.63) is 64.9 Å². The van der Waals surface area contributed by atoms with Crippen LogP contribution in [0.5, 0.6) is 5.75 Å². The van der Waals surface area contributed by atoms with Gasteiger partial charge in [0.05, 0.1) is 19.2 Å². The van der Waals surface area contributed by atoms with Crippen LogP contribution in [0.2, 0.25) is 5.15 Å². The standard InChI is InChI=1S/C19H16ClN3O/c1-12-3-8-17-15(9-12)16-11-23(22-18(16)19(20)21-17)10-13-4-6-14(24-2)7-5-13/h3-9,11H,10H2,1-2H3. The lowest BCUT2D eigenvalue weighted by molar-refractivity contribution is 0.414. The lowest BCUT2D eigenvalue weighted by Crippen LogP contribution is -1.99. The Balaban J connectivity index is 1.80. The Morgan fingerprint density at radius 1 is 1.08 bits per heavy atom. The van der Waals surface area contributed by atoms with Crippen LogP contribution >= 0.6 is 11.6 Å². The van der Waals surface area contributed by atoms with E-state index in [1.807, 2.05) is 47.3 Å². The molecule has 120 valence electrons. The van der Waals surface area contributed by atoms with Gasteiger partial charge in [0.15, 0.2) is 5.15 Å². The van der Waals surface area contributed by atoms with Crippen LogP contribution in [0.25, 0.3) is 21.8 Å². The fourth-order valence-electron chi connectivity index (χ4n) is 2.89. The Morgan fingerprint density at radius 3 is 2.62 bits per heavy atom. The van der Waals surface area contributed by atoms with Gasteiger partial charge in [-0.3, -0.25) is 4.68 Å². The molecule has 0 aliphatic rings. The molecule has 0 amide bonds. The minimum Gasteiger partial charge on any atom is -0.497 e. The molecule has 0 spiro atoms.